The van der Waals surface area contributed by atoms with Crippen LogP contribution in [0.5, 0.6) is 5.75 Å². The van der Waals surface area contributed by atoms with E-state index in [0.29, 0.717) is 29.4 Å². The quantitative estimate of drug-likeness (QED) is 0.697. The number of sulfonamides is 1. The zero-order chi connectivity index (χ0) is 19.4. The molecule has 1 aliphatic rings. The van der Waals surface area contributed by atoms with Crippen LogP contribution in [0.4, 0.5) is 5.69 Å². The van der Waals surface area contributed by atoms with E-state index in [0.717, 1.165) is 25.7 Å². The van der Waals surface area contributed by atoms with Crippen molar-refractivity contribution in [2.75, 3.05) is 13.1 Å². The molecular formula is C19H20Cl2N2O3S. The highest BCUT2D eigenvalue weighted by atomic mass is 35.5. The average Bonchev–Trinajstić information content (AvgIpc) is 2.94. The number of nitrogens with zero attached hydrogens (tertiary/aromatic N) is 2. The summed E-state index contributed by atoms with van der Waals surface area (Å²) < 4.78 is 27.1. The molecule has 2 aromatic carbocycles. The van der Waals surface area contributed by atoms with Crippen molar-refractivity contribution in [3.8, 4) is 5.75 Å². The van der Waals surface area contributed by atoms with E-state index in [1.807, 2.05) is 0 Å². The van der Waals surface area contributed by atoms with Crippen LogP contribution in [0, 0.1) is 0 Å². The van der Waals surface area contributed by atoms with Gasteiger partial charge in [0, 0.05) is 29.9 Å². The SMILES string of the molecule is O=S(=O)(c1ccc(N=Cc2cc(Cl)cc(Cl)c2O)cc1)N1CCCCCC1. The Hall–Kier alpha value is -1.60. The molecule has 27 heavy (non-hydrogen) atoms. The molecule has 5 nitrogen and oxygen atoms in total. The molecule has 0 spiro atoms. The molecule has 1 heterocycles. The molecule has 0 aliphatic carbocycles. The molecule has 1 aliphatic heterocycles. The third-order valence-corrected chi connectivity index (χ3v) is 6.87. The van der Waals surface area contributed by atoms with Gasteiger partial charge in [-0.25, -0.2) is 8.42 Å². The first kappa shape index (κ1) is 20.1. The summed E-state index contributed by atoms with van der Waals surface area (Å²) in [4.78, 5) is 4.52. The Bertz CT molecular complexity index is 936. The van der Waals surface area contributed by atoms with Gasteiger partial charge in [0.25, 0.3) is 0 Å². The minimum absolute atomic E-state index is 0.106. The summed E-state index contributed by atoms with van der Waals surface area (Å²) in [5.74, 6) is -0.106. The number of phenols is 1. The second-order valence-electron chi connectivity index (χ2n) is 6.40. The van der Waals surface area contributed by atoms with Gasteiger partial charge in [-0.3, -0.25) is 4.99 Å². The van der Waals surface area contributed by atoms with Gasteiger partial charge in [-0.1, -0.05) is 36.0 Å². The Morgan fingerprint density at radius 3 is 2.26 bits per heavy atom. The highest BCUT2D eigenvalue weighted by molar-refractivity contribution is 7.89. The topological polar surface area (TPSA) is 70.0 Å². The molecule has 0 radical (unpaired) electrons. The van der Waals surface area contributed by atoms with Crippen LogP contribution in [0.2, 0.25) is 10.0 Å². The molecule has 0 unspecified atom stereocenters. The molecule has 0 saturated carbocycles. The first-order chi connectivity index (χ1) is 12.9. The molecule has 1 N–H and O–H groups in total. The highest BCUT2D eigenvalue weighted by Crippen LogP contribution is 2.30. The van der Waals surface area contributed by atoms with Crippen LogP contribution >= 0.6 is 23.2 Å². The molecule has 0 bridgehead atoms. The number of aliphatic imine (C=N–C) groups is 1. The van der Waals surface area contributed by atoms with Crippen molar-refractivity contribution in [3.05, 3.63) is 52.0 Å². The van der Waals surface area contributed by atoms with E-state index < -0.39 is 10.0 Å². The summed E-state index contributed by atoms with van der Waals surface area (Å²) in [6, 6.07) is 9.35. The molecule has 2 aromatic rings. The zero-order valence-corrected chi connectivity index (χ0v) is 16.9. The fourth-order valence-electron chi connectivity index (χ4n) is 2.96. The summed E-state index contributed by atoms with van der Waals surface area (Å²) >= 11 is 11.8. The number of hydrogen-bond donors (Lipinski definition) is 1. The Morgan fingerprint density at radius 2 is 1.63 bits per heavy atom. The average molecular weight is 427 g/mol. The third-order valence-electron chi connectivity index (χ3n) is 4.45. The second kappa shape index (κ2) is 8.61. The number of phenolic OH excluding ortho intramolecular Hbond substituents is 1. The van der Waals surface area contributed by atoms with Crippen molar-refractivity contribution in [2.24, 2.45) is 4.99 Å². The van der Waals surface area contributed by atoms with Crippen LogP contribution in [0.25, 0.3) is 0 Å². The van der Waals surface area contributed by atoms with Gasteiger partial charge in [-0.05, 0) is 49.2 Å². The highest BCUT2D eigenvalue weighted by Gasteiger charge is 2.24. The summed E-state index contributed by atoms with van der Waals surface area (Å²) in [5.41, 5.74) is 0.939. The van der Waals surface area contributed by atoms with E-state index in [4.69, 9.17) is 23.2 Å². The van der Waals surface area contributed by atoms with E-state index in [2.05, 4.69) is 4.99 Å². The lowest BCUT2D eigenvalue weighted by Crippen LogP contribution is -2.31. The van der Waals surface area contributed by atoms with E-state index in [9.17, 15) is 13.5 Å². The minimum atomic E-state index is -3.48. The first-order valence-electron chi connectivity index (χ1n) is 8.70. The van der Waals surface area contributed by atoms with E-state index in [1.165, 1.54) is 12.3 Å². The fraction of sp³-hybridized carbons (Fsp3) is 0.316. The van der Waals surface area contributed by atoms with Crippen LogP contribution < -0.4 is 0 Å². The predicted molar refractivity (Wildman–Crippen MR) is 109 cm³/mol. The Kier molecular flexibility index (Phi) is 6.42. The largest absolute Gasteiger partial charge is 0.506 e. The molecule has 1 fully saturated rings. The van der Waals surface area contributed by atoms with Crippen LogP contribution in [0.1, 0.15) is 31.2 Å². The van der Waals surface area contributed by atoms with Gasteiger partial charge in [0.2, 0.25) is 10.0 Å². The van der Waals surface area contributed by atoms with Crippen LogP contribution in [0.3, 0.4) is 0 Å². The third kappa shape index (κ3) is 4.82. The molecule has 0 amide bonds. The lowest BCUT2D eigenvalue weighted by Gasteiger charge is -2.19. The number of halogens is 2. The Morgan fingerprint density at radius 1 is 1.00 bits per heavy atom. The van der Waals surface area contributed by atoms with Crippen LogP contribution in [0.15, 0.2) is 46.3 Å². The van der Waals surface area contributed by atoms with Crippen LogP contribution in [-0.4, -0.2) is 37.1 Å². The fourth-order valence-corrected chi connectivity index (χ4v) is 4.99. The van der Waals surface area contributed by atoms with Crippen molar-refractivity contribution in [1.82, 2.24) is 4.31 Å². The summed E-state index contributed by atoms with van der Waals surface area (Å²) in [6.45, 7) is 1.13. The molecule has 0 atom stereocenters. The molecule has 0 aromatic heterocycles. The van der Waals surface area contributed by atoms with E-state index in [-0.39, 0.29) is 15.7 Å². The van der Waals surface area contributed by atoms with Crippen molar-refractivity contribution in [1.29, 1.82) is 0 Å². The Balaban J connectivity index is 1.79. The number of benzene rings is 2. The van der Waals surface area contributed by atoms with Gasteiger partial charge >= 0.3 is 0 Å². The van der Waals surface area contributed by atoms with E-state index >= 15 is 0 Å². The van der Waals surface area contributed by atoms with Gasteiger partial charge in [0.05, 0.1) is 15.6 Å². The monoisotopic (exact) mass is 426 g/mol. The summed E-state index contributed by atoms with van der Waals surface area (Å²) in [6.07, 6.45) is 5.37. The predicted octanol–water partition coefficient (Wildman–Crippen LogP) is 5.01. The maximum absolute atomic E-state index is 12.8. The molecular weight excluding hydrogens is 407 g/mol. The van der Waals surface area contributed by atoms with E-state index in [1.54, 1.807) is 34.6 Å². The van der Waals surface area contributed by atoms with Crippen molar-refractivity contribution in [2.45, 2.75) is 30.6 Å². The summed E-state index contributed by atoms with van der Waals surface area (Å²) in [5, 5.41) is 10.5. The first-order valence-corrected chi connectivity index (χ1v) is 10.9. The maximum atomic E-state index is 12.8. The van der Waals surface area contributed by atoms with Crippen molar-refractivity contribution < 1.29 is 13.5 Å². The Labute approximate surface area is 169 Å². The second-order valence-corrected chi connectivity index (χ2v) is 9.18. The minimum Gasteiger partial charge on any atom is -0.506 e. The van der Waals surface area contributed by atoms with Gasteiger partial charge < -0.3 is 5.11 Å². The lowest BCUT2D eigenvalue weighted by atomic mass is 10.2. The van der Waals surface area contributed by atoms with Gasteiger partial charge in [0.1, 0.15) is 5.75 Å². The van der Waals surface area contributed by atoms with Crippen LogP contribution in [-0.2, 0) is 10.0 Å². The lowest BCUT2D eigenvalue weighted by molar-refractivity contribution is 0.424. The normalized spacial score (nSPS) is 16.5. The number of hydrogen-bond acceptors (Lipinski definition) is 4. The zero-order valence-electron chi connectivity index (χ0n) is 14.6. The molecule has 8 heteroatoms. The summed E-state index contributed by atoms with van der Waals surface area (Å²) in [7, 11) is -3.48. The van der Waals surface area contributed by atoms with Gasteiger partial charge in [-0.2, -0.15) is 4.31 Å². The van der Waals surface area contributed by atoms with Gasteiger partial charge in [0.15, 0.2) is 0 Å². The van der Waals surface area contributed by atoms with Crippen molar-refractivity contribution in [3.63, 3.8) is 0 Å². The smallest absolute Gasteiger partial charge is 0.243 e. The standard InChI is InChI=1S/C19H20Cl2N2O3S/c20-15-11-14(19(24)18(21)12-15)13-22-16-5-7-17(8-6-16)27(25,26)23-9-3-1-2-4-10-23/h5-8,11-13,24H,1-4,9-10H2. The molecule has 3 rings (SSSR count). The number of aromatic hydroxyl groups is 1. The van der Waals surface area contributed by atoms with Gasteiger partial charge in [-0.15, -0.1) is 0 Å². The maximum Gasteiger partial charge on any atom is 0.243 e. The molecule has 144 valence electrons. The molecule has 1 saturated heterocycles. The number of rotatable bonds is 4. The van der Waals surface area contributed by atoms with Crippen molar-refractivity contribution >= 4 is 45.1 Å².